The first kappa shape index (κ1) is 8.35. The second-order valence-electron chi connectivity index (χ2n) is 2.71. The average Bonchev–Trinajstić information content (AvgIpc) is 1.67. The summed E-state index contributed by atoms with van der Waals surface area (Å²) in [5.41, 5.74) is 0. The molecule has 0 aromatic carbocycles. The van der Waals surface area contributed by atoms with Crippen molar-refractivity contribution in [2.75, 3.05) is 6.26 Å². The van der Waals surface area contributed by atoms with E-state index in [2.05, 4.69) is 27.0 Å². The lowest BCUT2D eigenvalue weighted by atomic mass is 10.1. The lowest BCUT2D eigenvalue weighted by Crippen LogP contribution is -2.12. The smallest absolute Gasteiger partial charge is 0.0100 e. The minimum atomic E-state index is 0.509. The van der Waals surface area contributed by atoms with E-state index in [9.17, 15) is 0 Å². The summed E-state index contributed by atoms with van der Waals surface area (Å²) in [7, 11) is 0. The molecule has 0 amide bonds. The number of hydrogen-bond donors (Lipinski definition) is 0. The van der Waals surface area contributed by atoms with Gasteiger partial charge in [0.15, 0.2) is 0 Å². The Morgan fingerprint density at radius 3 is 2.00 bits per heavy atom. The molecule has 0 radical (unpaired) electrons. The monoisotopic (exact) mass is 132 g/mol. The standard InChI is InChI=1S/C7H16S/c1-5-6-7(2,3)8-4/h5-6H2,1-4H3. The zero-order chi connectivity index (χ0) is 6.62. The summed E-state index contributed by atoms with van der Waals surface area (Å²) < 4.78 is 0.509. The van der Waals surface area contributed by atoms with Gasteiger partial charge in [-0.15, -0.1) is 0 Å². The van der Waals surface area contributed by atoms with Gasteiger partial charge in [-0.05, 0) is 12.7 Å². The highest BCUT2D eigenvalue weighted by atomic mass is 32.2. The van der Waals surface area contributed by atoms with Crippen LogP contribution in [0, 0.1) is 0 Å². The van der Waals surface area contributed by atoms with Crippen LogP contribution >= 0.6 is 11.8 Å². The largest absolute Gasteiger partial charge is 0.159 e. The molecule has 0 spiro atoms. The Labute approximate surface area is 57.1 Å². The van der Waals surface area contributed by atoms with Crippen LogP contribution in [0.5, 0.6) is 0 Å². The van der Waals surface area contributed by atoms with Crippen LogP contribution in [0.4, 0.5) is 0 Å². The van der Waals surface area contributed by atoms with Gasteiger partial charge in [-0.1, -0.05) is 27.2 Å². The van der Waals surface area contributed by atoms with Crippen molar-refractivity contribution >= 4 is 11.8 Å². The third kappa shape index (κ3) is 3.36. The molecular weight excluding hydrogens is 116 g/mol. The van der Waals surface area contributed by atoms with Crippen molar-refractivity contribution in [2.24, 2.45) is 0 Å². The minimum absolute atomic E-state index is 0.509. The molecule has 0 aliphatic carbocycles. The summed E-state index contributed by atoms with van der Waals surface area (Å²) in [5, 5.41) is 0. The van der Waals surface area contributed by atoms with E-state index in [1.54, 1.807) is 0 Å². The van der Waals surface area contributed by atoms with E-state index in [1.165, 1.54) is 12.8 Å². The zero-order valence-corrected chi connectivity index (χ0v) is 7.14. The SMILES string of the molecule is CCCC(C)(C)SC. The van der Waals surface area contributed by atoms with Gasteiger partial charge in [0.2, 0.25) is 0 Å². The lowest BCUT2D eigenvalue weighted by Gasteiger charge is -2.20. The van der Waals surface area contributed by atoms with Crippen LogP contribution in [0.1, 0.15) is 33.6 Å². The van der Waals surface area contributed by atoms with Crippen LogP contribution in [0.2, 0.25) is 0 Å². The predicted octanol–water partition coefficient (Wildman–Crippen LogP) is 2.93. The van der Waals surface area contributed by atoms with Crippen molar-refractivity contribution in [1.29, 1.82) is 0 Å². The molecule has 1 heteroatoms. The summed E-state index contributed by atoms with van der Waals surface area (Å²) >= 11 is 1.95. The van der Waals surface area contributed by atoms with E-state index in [4.69, 9.17) is 0 Å². The van der Waals surface area contributed by atoms with E-state index in [0.717, 1.165) is 0 Å². The second kappa shape index (κ2) is 3.39. The number of rotatable bonds is 3. The maximum Gasteiger partial charge on any atom is 0.0100 e. The van der Waals surface area contributed by atoms with Gasteiger partial charge in [-0.3, -0.25) is 0 Å². The van der Waals surface area contributed by atoms with Crippen molar-refractivity contribution in [3.05, 3.63) is 0 Å². The Balaban J connectivity index is 3.37. The van der Waals surface area contributed by atoms with Crippen LogP contribution in [0.3, 0.4) is 0 Å². The Hall–Kier alpha value is 0.350. The maximum atomic E-state index is 2.29. The van der Waals surface area contributed by atoms with Crippen molar-refractivity contribution in [1.82, 2.24) is 0 Å². The van der Waals surface area contributed by atoms with Gasteiger partial charge in [0.25, 0.3) is 0 Å². The maximum absolute atomic E-state index is 2.29. The van der Waals surface area contributed by atoms with E-state index in [0.29, 0.717) is 4.75 Å². The molecule has 0 N–H and O–H groups in total. The molecule has 0 rings (SSSR count). The van der Waals surface area contributed by atoms with Crippen LogP contribution in [0.15, 0.2) is 0 Å². The van der Waals surface area contributed by atoms with E-state index in [-0.39, 0.29) is 0 Å². The third-order valence-electron chi connectivity index (χ3n) is 1.40. The highest BCUT2D eigenvalue weighted by Gasteiger charge is 2.12. The molecule has 0 unspecified atom stereocenters. The zero-order valence-electron chi connectivity index (χ0n) is 6.32. The summed E-state index contributed by atoms with van der Waals surface area (Å²) in [6.07, 6.45) is 4.80. The van der Waals surface area contributed by atoms with Gasteiger partial charge in [-0.25, -0.2) is 0 Å². The first-order chi connectivity index (χ1) is 3.62. The highest BCUT2D eigenvalue weighted by molar-refractivity contribution is 7.99. The summed E-state index contributed by atoms with van der Waals surface area (Å²) in [5.74, 6) is 0. The molecule has 0 saturated carbocycles. The molecule has 50 valence electrons. The van der Waals surface area contributed by atoms with Crippen LogP contribution in [-0.4, -0.2) is 11.0 Å². The molecule has 0 aliphatic heterocycles. The minimum Gasteiger partial charge on any atom is -0.159 e. The van der Waals surface area contributed by atoms with Gasteiger partial charge in [0.05, 0.1) is 0 Å². The normalized spacial score (nSPS) is 12.0. The van der Waals surface area contributed by atoms with Crippen molar-refractivity contribution in [2.45, 2.75) is 38.4 Å². The summed E-state index contributed by atoms with van der Waals surface area (Å²) in [4.78, 5) is 0. The van der Waals surface area contributed by atoms with E-state index in [1.807, 2.05) is 11.8 Å². The van der Waals surface area contributed by atoms with Gasteiger partial charge in [-0.2, -0.15) is 11.8 Å². The van der Waals surface area contributed by atoms with Crippen LogP contribution in [0.25, 0.3) is 0 Å². The summed E-state index contributed by atoms with van der Waals surface area (Å²) in [6, 6.07) is 0. The molecule has 0 bridgehead atoms. The van der Waals surface area contributed by atoms with E-state index < -0.39 is 0 Å². The molecule has 0 aliphatic rings. The topological polar surface area (TPSA) is 0 Å². The molecule has 0 aromatic rings. The van der Waals surface area contributed by atoms with Gasteiger partial charge < -0.3 is 0 Å². The third-order valence-corrected chi connectivity index (χ3v) is 2.71. The fourth-order valence-electron chi connectivity index (χ4n) is 0.704. The Morgan fingerprint density at radius 2 is 1.88 bits per heavy atom. The average molecular weight is 132 g/mol. The molecular formula is C7H16S. The van der Waals surface area contributed by atoms with Crippen molar-refractivity contribution < 1.29 is 0 Å². The fraction of sp³-hybridized carbons (Fsp3) is 1.00. The molecule has 0 saturated heterocycles. The first-order valence-electron chi connectivity index (χ1n) is 3.17. The molecule has 0 aromatic heterocycles. The number of thioether (sulfide) groups is 1. The first-order valence-corrected chi connectivity index (χ1v) is 4.40. The van der Waals surface area contributed by atoms with E-state index >= 15 is 0 Å². The van der Waals surface area contributed by atoms with Gasteiger partial charge in [0.1, 0.15) is 0 Å². The molecule has 0 atom stereocenters. The Morgan fingerprint density at radius 1 is 1.38 bits per heavy atom. The quantitative estimate of drug-likeness (QED) is 0.569. The second-order valence-corrected chi connectivity index (χ2v) is 4.23. The van der Waals surface area contributed by atoms with Crippen LogP contribution < -0.4 is 0 Å². The highest BCUT2D eigenvalue weighted by Crippen LogP contribution is 2.25. The van der Waals surface area contributed by atoms with Crippen molar-refractivity contribution in [3.8, 4) is 0 Å². The Bertz CT molecular complexity index is 57.4. The van der Waals surface area contributed by atoms with Crippen LogP contribution in [-0.2, 0) is 0 Å². The van der Waals surface area contributed by atoms with Crippen molar-refractivity contribution in [3.63, 3.8) is 0 Å². The molecule has 0 heterocycles. The lowest BCUT2D eigenvalue weighted by molar-refractivity contribution is 0.628. The van der Waals surface area contributed by atoms with Gasteiger partial charge in [0, 0.05) is 4.75 Å². The molecule has 0 nitrogen and oxygen atoms in total. The molecule has 0 fully saturated rings. The summed E-state index contributed by atoms with van der Waals surface area (Å²) in [6.45, 7) is 6.82. The Kier molecular flexibility index (Phi) is 3.54. The van der Waals surface area contributed by atoms with Gasteiger partial charge >= 0.3 is 0 Å². The molecule has 8 heavy (non-hydrogen) atoms. The predicted molar refractivity (Wildman–Crippen MR) is 42.5 cm³/mol. The fourth-order valence-corrected chi connectivity index (χ4v) is 1.11. The number of hydrogen-bond acceptors (Lipinski definition) is 1.